The first-order chi connectivity index (χ1) is 15.3. The number of nitrogens with zero attached hydrogens (tertiary/aromatic N) is 2. The average molecular weight is 477 g/mol. The van der Waals surface area contributed by atoms with Gasteiger partial charge in [-0.3, -0.25) is 0 Å². The second-order valence-electron chi connectivity index (χ2n) is 9.56. The first-order valence-corrected chi connectivity index (χ1v) is 16.5. The van der Waals surface area contributed by atoms with E-state index in [9.17, 15) is 9.90 Å². The standard InChI is InChI=1S/C25H40N2O3SSi/c1-6-8-12-21(22(25(28)29)17-20-11-10-15-31-20)23-18-26-24(13-9-7-2)27(23)19-30-14-16-32(3,4)5/h10-11,15,18H,6-9,12-14,16-17,19H2,1-5H3,(H,28,29). The Bertz CT molecular complexity index is 866. The molecule has 0 unspecified atom stereocenters. The molecule has 0 aliphatic heterocycles. The van der Waals surface area contributed by atoms with Crippen molar-refractivity contribution in [1.29, 1.82) is 0 Å². The molecule has 0 atom stereocenters. The zero-order chi connectivity index (χ0) is 23.6. The lowest BCUT2D eigenvalue weighted by Crippen LogP contribution is -2.22. The summed E-state index contributed by atoms with van der Waals surface area (Å²) >= 11 is 1.60. The fourth-order valence-corrected chi connectivity index (χ4v) is 5.03. The van der Waals surface area contributed by atoms with Crippen LogP contribution in [0.4, 0.5) is 0 Å². The van der Waals surface area contributed by atoms with E-state index in [1.54, 1.807) is 11.3 Å². The second-order valence-corrected chi connectivity index (χ2v) is 16.2. The number of hydrogen-bond donors (Lipinski definition) is 1. The third kappa shape index (κ3) is 8.33. The molecule has 0 amide bonds. The fourth-order valence-electron chi connectivity index (χ4n) is 3.55. The van der Waals surface area contributed by atoms with Crippen molar-refractivity contribution in [2.24, 2.45) is 0 Å². The van der Waals surface area contributed by atoms with Crippen molar-refractivity contribution < 1.29 is 14.6 Å². The Kier molecular flexibility index (Phi) is 10.9. The van der Waals surface area contributed by atoms with Crippen LogP contribution in [-0.2, 0) is 29.1 Å². The molecule has 0 aromatic carbocycles. The summed E-state index contributed by atoms with van der Waals surface area (Å²) in [5.41, 5.74) is 2.29. The molecule has 2 aromatic rings. The monoisotopic (exact) mass is 476 g/mol. The highest BCUT2D eigenvalue weighted by Crippen LogP contribution is 2.29. The summed E-state index contributed by atoms with van der Waals surface area (Å²) in [6, 6.07) is 5.10. The van der Waals surface area contributed by atoms with Crippen LogP contribution in [0.5, 0.6) is 0 Å². The molecule has 0 aliphatic carbocycles. The Morgan fingerprint density at radius 1 is 1.22 bits per heavy atom. The number of unbranched alkanes of at least 4 members (excludes halogenated alkanes) is 2. The second kappa shape index (κ2) is 13.1. The van der Waals surface area contributed by atoms with Gasteiger partial charge in [-0.2, -0.15) is 0 Å². The van der Waals surface area contributed by atoms with Gasteiger partial charge in [0, 0.05) is 38.0 Å². The number of thiophene rings is 1. The lowest BCUT2D eigenvalue weighted by Gasteiger charge is -2.19. The number of aromatic nitrogens is 2. The van der Waals surface area contributed by atoms with E-state index in [4.69, 9.17) is 9.72 Å². The van der Waals surface area contributed by atoms with E-state index >= 15 is 0 Å². The summed E-state index contributed by atoms with van der Waals surface area (Å²) in [5, 5.41) is 12.1. The molecule has 0 aliphatic rings. The van der Waals surface area contributed by atoms with Gasteiger partial charge in [0.05, 0.1) is 11.9 Å². The van der Waals surface area contributed by atoms with Crippen LogP contribution < -0.4 is 0 Å². The van der Waals surface area contributed by atoms with Crippen molar-refractivity contribution in [2.45, 2.75) is 91.2 Å². The van der Waals surface area contributed by atoms with Gasteiger partial charge in [-0.1, -0.05) is 52.4 Å². The van der Waals surface area contributed by atoms with Crippen LogP contribution in [0.3, 0.4) is 0 Å². The van der Waals surface area contributed by atoms with E-state index in [-0.39, 0.29) is 0 Å². The van der Waals surface area contributed by atoms with Crippen molar-refractivity contribution in [3.8, 4) is 0 Å². The molecule has 2 rings (SSSR count). The van der Waals surface area contributed by atoms with Gasteiger partial charge in [0.2, 0.25) is 0 Å². The molecule has 32 heavy (non-hydrogen) atoms. The summed E-state index contributed by atoms with van der Waals surface area (Å²) in [4.78, 5) is 18.1. The van der Waals surface area contributed by atoms with Gasteiger partial charge < -0.3 is 14.4 Å². The molecule has 0 radical (unpaired) electrons. The Morgan fingerprint density at radius 2 is 1.97 bits per heavy atom. The summed E-state index contributed by atoms with van der Waals surface area (Å²) in [6.07, 6.45) is 8.03. The number of allylic oxidation sites excluding steroid dienone is 1. The van der Waals surface area contributed by atoms with Gasteiger partial charge in [-0.25, -0.2) is 9.78 Å². The predicted molar refractivity (Wildman–Crippen MR) is 137 cm³/mol. The normalized spacial score (nSPS) is 12.8. The minimum absolute atomic E-state index is 0.431. The van der Waals surface area contributed by atoms with E-state index in [2.05, 4.69) is 38.1 Å². The van der Waals surface area contributed by atoms with Gasteiger partial charge in [-0.05, 0) is 42.3 Å². The summed E-state index contributed by atoms with van der Waals surface area (Å²) in [5.74, 6) is 0.150. The van der Waals surface area contributed by atoms with Crippen LogP contribution in [0.2, 0.25) is 25.7 Å². The van der Waals surface area contributed by atoms with Crippen molar-refractivity contribution >= 4 is 31.0 Å². The lowest BCUT2D eigenvalue weighted by molar-refractivity contribution is -0.132. The average Bonchev–Trinajstić information content (AvgIpc) is 3.38. The van der Waals surface area contributed by atoms with Crippen LogP contribution in [0.15, 0.2) is 29.3 Å². The van der Waals surface area contributed by atoms with Crippen LogP contribution in [-0.4, -0.2) is 35.3 Å². The molecule has 0 fully saturated rings. The van der Waals surface area contributed by atoms with Gasteiger partial charge in [0.25, 0.3) is 0 Å². The Balaban J connectivity index is 2.43. The van der Waals surface area contributed by atoms with E-state index in [1.807, 2.05) is 23.7 Å². The molecule has 0 saturated carbocycles. The Morgan fingerprint density at radius 3 is 2.56 bits per heavy atom. The number of carboxylic acid groups (broad SMARTS) is 1. The molecular formula is C25H40N2O3SSi. The van der Waals surface area contributed by atoms with Crippen molar-refractivity contribution in [3.05, 3.63) is 45.7 Å². The van der Waals surface area contributed by atoms with Crippen molar-refractivity contribution in [1.82, 2.24) is 9.55 Å². The van der Waals surface area contributed by atoms with E-state index in [0.29, 0.717) is 18.7 Å². The molecule has 0 spiro atoms. The Hall–Kier alpha value is -1.70. The zero-order valence-electron chi connectivity index (χ0n) is 20.4. The third-order valence-corrected chi connectivity index (χ3v) is 8.13. The summed E-state index contributed by atoms with van der Waals surface area (Å²) < 4.78 is 8.23. The maximum absolute atomic E-state index is 12.4. The predicted octanol–water partition coefficient (Wildman–Crippen LogP) is 6.87. The van der Waals surface area contributed by atoms with Crippen molar-refractivity contribution in [2.75, 3.05) is 6.61 Å². The molecule has 178 valence electrons. The molecule has 7 heteroatoms. The van der Waals surface area contributed by atoms with Crippen LogP contribution in [0.25, 0.3) is 5.57 Å². The maximum atomic E-state index is 12.4. The highest BCUT2D eigenvalue weighted by atomic mass is 32.1. The lowest BCUT2D eigenvalue weighted by atomic mass is 9.96. The minimum atomic E-state index is -1.17. The van der Waals surface area contributed by atoms with Crippen LogP contribution in [0.1, 0.15) is 62.3 Å². The molecule has 1 N–H and O–H groups in total. The Labute approximate surface area is 198 Å². The molecule has 2 heterocycles. The van der Waals surface area contributed by atoms with E-state index in [0.717, 1.165) is 73.1 Å². The summed E-state index contributed by atoms with van der Waals surface area (Å²) in [7, 11) is -1.17. The number of imidazole rings is 1. The minimum Gasteiger partial charge on any atom is -0.478 e. The van der Waals surface area contributed by atoms with Gasteiger partial charge >= 0.3 is 5.97 Å². The molecule has 2 aromatic heterocycles. The number of hydrogen-bond acceptors (Lipinski definition) is 4. The van der Waals surface area contributed by atoms with Gasteiger partial charge in [0.15, 0.2) is 0 Å². The molecule has 0 saturated heterocycles. The van der Waals surface area contributed by atoms with E-state index in [1.165, 1.54) is 0 Å². The largest absolute Gasteiger partial charge is 0.478 e. The molecule has 0 bridgehead atoms. The molecular weight excluding hydrogens is 436 g/mol. The highest BCUT2D eigenvalue weighted by molar-refractivity contribution is 7.09. The van der Waals surface area contributed by atoms with Crippen molar-refractivity contribution in [3.63, 3.8) is 0 Å². The third-order valence-electron chi connectivity index (χ3n) is 5.55. The number of ether oxygens (including phenoxy) is 1. The van der Waals surface area contributed by atoms with Gasteiger partial charge in [-0.15, -0.1) is 11.3 Å². The first-order valence-electron chi connectivity index (χ1n) is 11.9. The molecule has 5 nitrogen and oxygen atoms in total. The van der Waals surface area contributed by atoms with Crippen LogP contribution in [0, 0.1) is 0 Å². The highest BCUT2D eigenvalue weighted by Gasteiger charge is 2.22. The van der Waals surface area contributed by atoms with Gasteiger partial charge in [0.1, 0.15) is 12.6 Å². The number of rotatable bonds is 15. The number of aryl methyl sites for hydroxylation is 1. The number of aliphatic carboxylic acids is 1. The first kappa shape index (κ1) is 26.5. The van der Waals surface area contributed by atoms with Crippen LogP contribution >= 0.6 is 11.3 Å². The maximum Gasteiger partial charge on any atom is 0.332 e. The number of carbonyl (C=O) groups is 1. The zero-order valence-corrected chi connectivity index (χ0v) is 22.3. The quantitative estimate of drug-likeness (QED) is 0.173. The SMILES string of the molecule is CCCCC(=C(Cc1cccs1)C(=O)O)c1cnc(CCCC)n1COCC[Si](C)(C)C. The smallest absolute Gasteiger partial charge is 0.332 e. The fraction of sp³-hybridized carbons (Fsp3) is 0.600. The van der Waals surface area contributed by atoms with E-state index < -0.39 is 14.0 Å². The summed E-state index contributed by atoms with van der Waals surface area (Å²) in [6.45, 7) is 12.5. The topological polar surface area (TPSA) is 64.3 Å². The number of carboxylic acids is 1.